The zero-order valence-corrected chi connectivity index (χ0v) is 11.6. The van der Waals surface area contributed by atoms with Gasteiger partial charge in [0.15, 0.2) is 5.78 Å². The van der Waals surface area contributed by atoms with Crippen molar-refractivity contribution in [3.63, 3.8) is 0 Å². The summed E-state index contributed by atoms with van der Waals surface area (Å²) in [6.07, 6.45) is 0. The van der Waals surface area contributed by atoms with Gasteiger partial charge < -0.3 is 0 Å². The molecular formula is C13H10F2O2S2. The van der Waals surface area contributed by atoms with Crippen molar-refractivity contribution in [2.45, 2.75) is 11.8 Å². The van der Waals surface area contributed by atoms with Crippen LogP contribution in [0.15, 0.2) is 35.2 Å². The molecule has 0 radical (unpaired) electrons. The van der Waals surface area contributed by atoms with Crippen molar-refractivity contribution < 1.29 is 17.8 Å². The highest BCUT2D eigenvalue weighted by Crippen LogP contribution is 2.18. The topological polar surface area (TPSA) is 34.1 Å². The molecule has 0 N–H and O–H groups in total. The summed E-state index contributed by atoms with van der Waals surface area (Å²) >= 11 is 1.30. The van der Waals surface area contributed by atoms with Gasteiger partial charge in [0.2, 0.25) is 0 Å². The van der Waals surface area contributed by atoms with E-state index >= 15 is 0 Å². The van der Waals surface area contributed by atoms with Crippen LogP contribution in [-0.4, -0.2) is 15.7 Å². The maximum absolute atomic E-state index is 13.4. The SMILES string of the molecule is Cc1ccc(C(=O)CS(=O)c2ccc(F)cc2F)s1. The summed E-state index contributed by atoms with van der Waals surface area (Å²) in [6.45, 7) is 1.86. The average molecular weight is 300 g/mol. The van der Waals surface area contributed by atoms with Gasteiger partial charge in [-0.2, -0.15) is 0 Å². The number of benzene rings is 1. The number of hydrogen-bond acceptors (Lipinski definition) is 3. The van der Waals surface area contributed by atoms with Crippen LogP contribution in [0.2, 0.25) is 0 Å². The number of aryl methyl sites for hydroxylation is 1. The zero-order chi connectivity index (χ0) is 14.0. The van der Waals surface area contributed by atoms with Crippen molar-refractivity contribution in [2.24, 2.45) is 0 Å². The van der Waals surface area contributed by atoms with E-state index in [0.717, 1.165) is 17.0 Å². The van der Waals surface area contributed by atoms with Crippen LogP contribution in [0.25, 0.3) is 0 Å². The molecule has 1 atom stereocenters. The monoisotopic (exact) mass is 300 g/mol. The smallest absolute Gasteiger partial charge is 0.185 e. The Labute approximate surface area is 115 Å². The minimum absolute atomic E-state index is 0.150. The summed E-state index contributed by atoms with van der Waals surface area (Å²) in [5, 5.41) is 0. The zero-order valence-electron chi connectivity index (χ0n) is 9.98. The molecule has 1 aromatic heterocycles. The molecule has 100 valence electrons. The number of halogens is 2. The Morgan fingerprint density at radius 3 is 2.58 bits per heavy atom. The van der Waals surface area contributed by atoms with Gasteiger partial charge in [0.05, 0.1) is 26.3 Å². The summed E-state index contributed by atoms with van der Waals surface area (Å²) in [4.78, 5) is 13.2. The summed E-state index contributed by atoms with van der Waals surface area (Å²) in [7, 11) is -1.81. The molecule has 0 aliphatic rings. The molecular weight excluding hydrogens is 290 g/mol. The van der Waals surface area contributed by atoms with Gasteiger partial charge in [0.25, 0.3) is 0 Å². The van der Waals surface area contributed by atoms with Crippen molar-refractivity contribution in [3.8, 4) is 0 Å². The van der Waals surface area contributed by atoms with Gasteiger partial charge >= 0.3 is 0 Å². The fourth-order valence-corrected chi connectivity index (χ4v) is 3.45. The molecule has 6 heteroatoms. The lowest BCUT2D eigenvalue weighted by Crippen LogP contribution is -2.11. The Balaban J connectivity index is 2.15. The first-order chi connectivity index (χ1) is 8.97. The van der Waals surface area contributed by atoms with Crippen LogP contribution in [0, 0.1) is 18.6 Å². The Morgan fingerprint density at radius 1 is 1.26 bits per heavy atom. The molecule has 0 saturated carbocycles. The van der Waals surface area contributed by atoms with Gasteiger partial charge in [0, 0.05) is 10.9 Å². The molecule has 2 rings (SSSR count). The molecule has 0 aliphatic carbocycles. The van der Waals surface area contributed by atoms with Gasteiger partial charge in [0.1, 0.15) is 11.6 Å². The summed E-state index contributed by atoms with van der Waals surface area (Å²) in [5.74, 6) is -2.24. The highest BCUT2D eigenvalue weighted by atomic mass is 32.2. The lowest BCUT2D eigenvalue weighted by atomic mass is 10.3. The number of hydrogen-bond donors (Lipinski definition) is 0. The standard InChI is InChI=1S/C13H10F2O2S2/c1-8-2-4-12(18-8)11(16)7-19(17)13-5-3-9(14)6-10(13)15/h2-6H,7H2,1H3. The number of carbonyl (C=O) groups is 1. The normalized spacial score (nSPS) is 12.4. The van der Waals surface area contributed by atoms with Gasteiger partial charge in [-0.1, -0.05) is 0 Å². The molecule has 2 aromatic rings. The van der Waals surface area contributed by atoms with E-state index in [1.807, 2.05) is 6.92 Å². The highest BCUT2D eigenvalue weighted by molar-refractivity contribution is 7.85. The third-order valence-electron chi connectivity index (χ3n) is 2.42. The van der Waals surface area contributed by atoms with E-state index in [4.69, 9.17) is 0 Å². The molecule has 0 amide bonds. The number of Topliss-reactive ketones (excluding diaryl/α,β-unsaturated/α-hetero) is 1. The first kappa shape index (κ1) is 14.0. The summed E-state index contributed by atoms with van der Waals surface area (Å²) in [6, 6.07) is 6.23. The molecule has 0 aliphatic heterocycles. The van der Waals surface area contributed by atoms with Crippen molar-refractivity contribution in [1.29, 1.82) is 0 Å². The second kappa shape index (κ2) is 5.71. The first-order valence-electron chi connectivity index (χ1n) is 5.40. The van der Waals surface area contributed by atoms with Crippen LogP contribution in [0.3, 0.4) is 0 Å². The third kappa shape index (κ3) is 3.33. The van der Waals surface area contributed by atoms with Crippen molar-refractivity contribution >= 4 is 27.9 Å². The molecule has 0 spiro atoms. The van der Waals surface area contributed by atoms with E-state index in [2.05, 4.69) is 0 Å². The molecule has 1 aromatic carbocycles. The van der Waals surface area contributed by atoms with Gasteiger partial charge in [-0.15, -0.1) is 11.3 Å². The lowest BCUT2D eigenvalue weighted by Gasteiger charge is -2.02. The average Bonchev–Trinajstić information content (AvgIpc) is 2.75. The molecule has 0 bridgehead atoms. The van der Waals surface area contributed by atoms with Crippen LogP contribution in [0.4, 0.5) is 8.78 Å². The van der Waals surface area contributed by atoms with E-state index in [-0.39, 0.29) is 16.4 Å². The molecule has 1 heterocycles. The predicted octanol–water partition coefficient (Wildman–Crippen LogP) is 3.33. The molecule has 0 fully saturated rings. The van der Waals surface area contributed by atoms with Crippen molar-refractivity contribution in [1.82, 2.24) is 0 Å². The van der Waals surface area contributed by atoms with Crippen LogP contribution < -0.4 is 0 Å². The van der Waals surface area contributed by atoms with Crippen LogP contribution in [-0.2, 0) is 10.8 Å². The van der Waals surface area contributed by atoms with Crippen LogP contribution in [0.5, 0.6) is 0 Å². The van der Waals surface area contributed by atoms with E-state index in [0.29, 0.717) is 10.9 Å². The Kier molecular flexibility index (Phi) is 4.21. The summed E-state index contributed by atoms with van der Waals surface area (Å²) in [5.41, 5.74) is 0. The molecule has 19 heavy (non-hydrogen) atoms. The van der Waals surface area contributed by atoms with E-state index in [1.54, 1.807) is 12.1 Å². The quantitative estimate of drug-likeness (QED) is 0.812. The number of thiophene rings is 1. The maximum atomic E-state index is 13.4. The second-order valence-electron chi connectivity index (χ2n) is 3.90. The van der Waals surface area contributed by atoms with Crippen molar-refractivity contribution in [2.75, 3.05) is 5.75 Å². The number of carbonyl (C=O) groups excluding carboxylic acids is 1. The van der Waals surface area contributed by atoms with Gasteiger partial charge in [-0.25, -0.2) is 8.78 Å². The highest BCUT2D eigenvalue weighted by Gasteiger charge is 2.17. The van der Waals surface area contributed by atoms with Crippen LogP contribution in [0.1, 0.15) is 14.5 Å². The third-order valence-corrected chi connectivity index (χ3v) is 4.80. The van der Waals surface area contributed by atoms with E-state index < -0.39 is 22.4 Å². The van der Waals surface area contributed by atoms with Gasteiger partial charge in [-0.3, -0.25) is 9.00 Å². The van der Waals surface area contributed by atoms with E-state index in [9.17, 15) is 17.8 Å². The van der Waals surface area contributed by atoms with Crippen LogP contribution >= 0.6 is 11.3 Å². The minimum atomic E-state index is -1.81. The summed E-state index contributed by atoms with van der Waals surface area (Å²) < 4.78 is 38.1. The Bertz CT molecular complexity index is 650. The lowest BCUT2D eigenvalue weighted by molar-refractivity contribution is 0.102. The first-order valence-corrected chi connectivity index (χ1v) is 7.54. The maximum Gasteiger partial charge on any atom is 0.185 e. The largest absolute Gasteiger partial charge is 0.292 e. The Hall–Kier alpha value is -1.40. The minimum Gasteiger partial charge on any atom is -0.292 e. The molecule has 0 saturated heterocycles. The van der Waals surface area contributed by atoms with Crippen molar-refractivity contribution in [3.05, 3.63) is 51.7 Å². The number of ketones is 1. The predicted molar refractivity (Wildman–Crippen MR) is 71.0 cm³/mol. The fourth-order valence-electron chi connectivity index (χ4n) is 1.51. The molecule has 2 nitrogen and oxygen atoms in total. The fraction of sp³-hybridized carbons (Fsp3) is 0.154. The van der Waals surface area contributed by atoms with Gasteiger partial charge in [-0.05, 0) is 31.2 Å². The second-order valence-corrected chi connectivity index (χ2v) is 6.61. The number of rotatable bonds is 4. The molecule has 1 unspecified atom stereocenters. The van der Waals surface area contributed by atoms with E-state index in [1.165, 1.54) is 11.3 Å². The Morgan fingerprint density at radius 2 is 2.00 bits per heavy atom.